The van der Waals surface area contributed by atoms with Gasteiger partial charge < -0.3 is 14.8 Å². The SMILES string of the molecule is O=C(NC(c1ccc(OC(F)(F)F)cc1)C(F)(F)F)c1cc2n(n1)CCO2. The Morgan fingerprint density at radius 2 is 1.85 bits per heavy atom. The fourth-order valence-corrected chi connectivity index (χ4v) is 2.44. The highest BCUT2D eigenvalue weighted by Gasteiger charge is 2.42. The van der Waals surface area contributed by atoms with E-state index in [0.29, 0.717) is 13.2 Å². The summed E-state index contributed by atoms with van der Waals surface area (Å²) < 4.78 is 86.5. The van der Waals surface area contributed by atoms with Gasteiger partial charge in [-0.05, 0) is 17.7 Å². The van der Waals surface area contributed by atoms with Crippen molar-refractivity contribution in [2.75, 3.05) is 6.61 Å². The van der Waals surface area contributed by atoms with Gasteiger partial charge in [0, 0.05) is 6.07 Å². The van der Waals surface area contributed by atoms with Crippen molar-refractivity contribution in [3.63, 3.8) is 0 Å². The molecule has 1 atom stereocenters. The molecule has 1 unspecified atom stereocenters. The maximum absolute atomic E-state index is 13.3. The molecule has 0 radical (unpaired) electrons. The quantitative estimate of drug-likeness (QED) is 0.808. The van der Waals surface area contributed by atoms with Crippen LogP contribution < -0.4 is 14.8 Å². The van der Waals surface area contributed by atoms with Crippen molar-refractivity contribution in [2.45, 2.75) is 25.1 Å². The Bertz CT molecular complexity index is 807. The van der Waals surface area contributed by atoms with Gasteiger partial charge in [0.25, 0.3) is 5.91 Å². The van der Waals surface area contributed by atoms with Crippen LogP contribution in [0.1, 0.15) is 22.1 Å². The smallest absolute Gasteiger partial charge is 0.476 e. The van der Waals surface area contributed by atoms with Crippen molar-refractivity contribution < 1.29 is 40.6 Å². The molecule has 2 heterocycles. The number of aromatic nitrogens is 2. The zero-order chi connectivity index (χ0) is 19.8. The van der Waals surface area contributed by atoms with Crippen molar-refractivity contribution in [1.82, 2.24) is 15.1 Å². The van der Waals surface area contributed by atoms with E-state index in [-0.39, 0.29) is 11.6 Å². The molecule has 0 bridgehead atoms. The first-order valence-electron chi connectivity index (χ1n) is 7.47. The van der Waals surface area contributed by atoms with Crippen molar-refractivity contribution in [1.29, 1.82) is 0 Å². The highest BCUT2D eigenvalue weighted by atomic mass is 19.4. The predicted octanol–water partition coefficient (Wildman–Crippen LogP) is 3.21. The van der Waals surface area contributed by atoms with E-state index in [2.05, 4.69) is 9.84 Å². The average Bonchev–Trinajstić information content (AvgIpc) is 3.12. The van der Waals surface area contributed by atoms with E-state index in [1.54, 1.807) is 5.32 Å². The number of fused-ring (bicyclic) bond motifs is 1. The van der Waals surface area contributed by atoms with E-state index in [4.69, 9.17) is 4.74 Å². The van der Waals surface area contributed by atoms with Crippen LogP contribution in [-0.4, -0.2) is 34.8 Å². The molecule has 1 aromatic heterocycles. The van der Waals surface area contributed by atoms with E-state index in [1.165, 1.54) is 10.7 Å². The minimum atomic E-state index is -4.97. The third-order valence-corrected chi connectivity index (χ3v) is 3.58. The minimum absolute atomic E-state index is 0.261. The number of benzene rings is 1. The number of halogens is 6. The molecule has 2 aromatic rings. The summed E-state index contributed by atoms with van der Waals surface area (Å²) in [4.78, 5) is 12.1. The lowest BCUT2D eigenvalue weighted by Crippen LogP contribution is -2.38. The van der Waals surface area contributed by atoms with Gasteiger partial charge in [0.15, 0.2) is 11.7 Å². The van der Waals surface area contributed by atoms with Crippen LogP contribution in [0.2, 0.25) is 0 Å². The Kier molecular flexibility index (Phi) is 4.66. The van der Waals surface area contributed by atoms with E-state index in [9.17, 15) is 31.1 Å². The maximum atomic E-state index is 13.3. The summed E-state index contributed by atoms with van der Waals surface area (Å²) in [6.07, 6.45) is -9.86. The molecule has 146 valence electrons. The van der Waals surface area contributed by atoms with Crippen molar-refractivity contribution >= 4 is 5.91 Å². The highest BCUT2D eigenvalue weighted by molar-refractivity contribution is 5.93. The van der Waals surface area contributed by atoms with Gasteiger partial charge in [-0.25, -0.2) is 4.68 Å². The second-order valence-corrected chi connectivity index (χ2v) is 5.50. The molecule has 0 aliphatic carbocycles. The molecule has 0 spiro atoms. The molecule has 1 aliphatic heterocycles. The van der Waals surface area contributed by atoms with E-state index in [1.807, 2.05) is 0 Å². The van der Waals surface area contributed by atoms with Crippen LogP contribution in [0.4, 0.5) is 26.3 Å². The molecule has 0 saturated heterocycles. The lowest BCUT2D eigenvalue weighted by atomic mass is 10.1. The Morgan fingerprint density at radius 1 is 1.19 bits per heavy atom. The first kappa shape index (κ1) is 18.9. The normalized spacial score (nSPS) is 15.0. The summed E-state index contributed by atoms with van der Waals surface area (Å²) in [5.41, 5.74) is -0.732. The van der Waals surface area contributed by atoms with E-state index in [0.717, 1.165) is 24.3 Å². The molecule has 12 heteroatoms. The largest absolute Gasteiger partial charge is 0.573 e. The summed E-state index contributed by atoms with van der Waals surface area (Å²) in [6, 6.07) is 1.79. The number of hydrogen-bond acceptors (Lipinski definition) is 4. The van der Waals surface area contributed by atoms with Gasteiger partial charge in [0.2, 0.25) is 5.88 Å². The summed E-state index contributed by atoms with van der Waals surface area (Å²) in [7, 11) is 0. The van der Waals surface area contributed by atoms with Gasteiger partial charge in [-0.2, -0.15) is 18.3 Å². The summed E-state index contributed by atoms with van der Waals surface area (Å²) in [6.45, 7) is 0.716. The Morgan fingerprint density at radius 3 is 2.41 bits per heavy atom. The fraction of sp³-hybridized carbons (Fsp3) is 0.333. The van der Waals surface area contributed by atoms with Crippen LogP contribution in [0.3, 0.4) is 0 Å². The number of ether oxygens (including phenoxy) is 2. The summed E-state index contributed by atoms with van der Waals surface area (Å²) >= 11 is 0. The van der Waals surface area contributed by atoms with Crippen LogP contribution in [0.5, 0.6) is 11.6 Å². The first-order valence-corrected chi connectivity index (χ1v) is 7.47. The lowest BCUT2D eigenvalue weighted by Gasteiger charge is -2.22. The Hall–Kier alpha value is -2.92. The summed E-state index contributed by atoms with van der Waals surface area (Å²) in [5.74, 6) is -1.52. The van der Waals surface area contributed by atoms with Gasteiger partial charge in [0.05, 0.1) is 6.54 Å². The molecule has 3 rings (SSSR count). The second-order valence-electron chi connectivity index (χ2n) is 5.50. The maximum Gasteiger partial charge on any atom is 0.573 e. The average molecular weight is 395 g/mol. The molecule has 1 N–H and O–H groups in total. The topological polar surface area (TPSA) is 65.4 Å². The molecule has 1 aromatic carbocycles. The molecule has 1 amide bonds. The van der Waals surface area contributed by atoms with Crippen molar-refractivity contribution in [2.24, 2.45) is 0 Å². The van der Waals surface area contributed by atoms with Crippen LogP contribution in [-0.2, 0) is 6.54 Å². The number of nitrogens with zero attached hydrogens (tertiary/aromatic N) is 2. The Balaban J connectivity index is 1.78. The first-order chi connectivity index (χ1) is 12.5. The molecule has 0 fully saturated rings. The lowest BCUT2D eigenvalue weighted by molar-refractivity contribution is -0.274. The number of alkyl halides is 6. The van der Waals surface area contributed by atoms with Gasteiger partial charge in [-0.15, -0.1) is 13.2 Å². The van der Waals surface area contributed by atoms with Crippen LogP contribution in [0.15, 0.2) is 30.3 Å². The number of nitrogens with one attached hydrogen (secondary N) is 1. The fourth-order valence-electron chi connectivity index (χ4n) is 2.44. The molecule has 6 nitrogen and oxygen atoms in total. The number of rotatable bonds is 4. The number of carbonyl (C=O) groups excluding carboxylic acids is 1. The van der Waals surface area contributed by atoms with Crippen molar-refractivity contribution in [3.8, 4) is 11.6 Å². The third-order valence-electron chi connectivity index (χ3n) is 3.58. The predicted molar refractivity (Wildman–Crippen MR) is 77.1 cm³/mol. The molecular formula is C15H11F6N3O3. The highest BCUT2D eigenvalue weighted by Crippen LogP contribution is 2.34. The van der Waals surface area contributed by atoms with Crippen LogP contribution >= 0.6 is 0 Å². The third kappa shape index (κ3) is 4.44. The van der Waals surface area contributed by atoms with Gasteiger partial charge in [0.1, 0.15) is 12.4 Å². The summed E-state index contributed by atoms with van der Waals surface area (Å²) in [5, 5.41) is 5.63. The van der Waals surface area contributed by atoms with Gasteiger partial charge >= 0.3 is 12.5 Å². The number of carbonyl (C=O) groups is 1. The van der Waals surface area contributed by atoms with Gasteiger partial charge in [-0.1, -0.05) is 12.1 Å². The monoisotopic (exact) mass is 395 g/mol. The molecule has 27 heavy (non-hydrogen) atoms. The zero-order valence-corrected chi connectivity index (χ0v) is 13.3. The van der Waals surface area contributed by atoms with E-state index >= 15 is 0 Å². The Labute approximate surface area is 147 Å². The van der Waals surface area contributed by atoms with Crippen LogP contribution in [0.25, 0.3) is 0 Å². The molecular weight excluding hydrogens is 384 g/mol. The van der Waals surface area contributed by atoms with Gasteiger partial charge in [-0.3, -0.25) is 4.79 Å². The standard InChI is InChI=1S/C15H11F6N3O3/c16-14(17,18)12(8-1-3-9(4-2-8)27-15(19,20)21)22-13(25)10-7-11-24(23-10)5-6-26-11/h1-4,7,12H,5-6H2,(H,22,25). The molecule has 1 aliphatic rings. The second kappa shape index (κ2) is 6.67. The van der Waals surface area contributed by atoms with E-state index < -0.39 is 35.8 Å². The minimum Gasteiger partial charge on any atom is -0.476 e. The van der Waals surface area contributed by atoms with Crippen molar-refractivity contribution in [3.05, 3.63) is 41.6 Å². The number of hydrogen-bond donors (Lipinski definition) is 1. The zero-order valence-electron chi connectivity index (χ0n) is 13.3. The number of amides is 1. The van der Waals surface area contributed by atoms with Crippen LogP contribution in [0, 0.1) is 0 Å². The molecule has 0 saturated carbocycles.